The Morgan fingerprint density at radius 1 is 1.05 bits per heavy atom. The number of hydrogen-bond donors (Lipinski definition) is 3. The molecule has 10 heteroatoms. The standard InChI is InChI=1S/C10H12N4O6/c15-6-4-14(5(1-11-6)9(18)19)10(20)13-2-7(16)12-8(17)3-13/h5H,1-4H2,(H,11,15)(H,18,19)(H,12,16,17). The Balaban J connectivity index is 2.16. The summed E-state index contributed by atoms with van der Waals surface area (Å²) in [6.07, 6.45) is 0. The third-order valence-corrected chi connectivity index (χ3v) is 2.93. The maximum atomic E-state index is 12.2. The molecule has 2 aliphatic rings. The summed E-state index contributed by atoms with van der Waals surface area (Å²) in [4.78, 5) is 58.7. The molecule has 2 aliphatic heterocycles. The normalized spacial score (nSPS) is 23.2. The Kier molecular flexibility index (Phi) is 3.55. The number of imide groups is 1. The van der Waals surface area contributed by atoms with Crippen LogP contribution < -0.4 is 10.6 Å². The number of carboxylic acids is 1. The van der Waals surface area contributed by atoms with Gasteiger partial charge in [-0.1, -0.05) is 0 Å². The van der Waals surface area contributed by atoms with Gasteiger partial charge in [0.25, 0.3) is 0 Å². The van der Waals surface area contributed by atoms with Crippen LogP contribution in [-0.2, 0) is 19.2 Å². The lowest BCUT2D eigenvalue weighted by atomic mass is 10.2. The van der Waals surface area contributed by atoms with Crippen LogP contribution in [0.5, 0.6) is 0 Å². The van der Waals surface area contributed by atoms with Gasteiger partial charge in [-0.05, 0) is 0 Å². The molecule has 0 aromatic carbocycles. The molecule has 3 N–H and O–H groups in total. The number of piperazine rings is 2. The third-order valence-electron chi connectivity index (χ3n) is 2.93. The first-order chi connectivity index (χ1) is 9.38. The molecule has 108 valence electrons. The van der Waals surface area contributed by atoms with Crippen LogP contribution in [0.25, 0.3) is 0 Å². The van der Waals surface area contributed by atoms with E-state index in [1.165, 1.54) is 0 Å². The van der Waals surface area contributed by atoms with E-state index in [0.717, 1.165) is 9.80 Å². The van der Waals surface area contributed by atoms with Crippen LogP contribution >= 0.6 is 0 Å². The van der Waals surface area contributed by atoms with E-state index in [2.05, 4.69) is 5.32 Å². The van der Waals surface area contributed by atoms with E-state index in [-0.39, 0.29) is 19.6 Å². The Morgan fingerprint density at radius 2 is 1.65 bits per heavy atom. The van der Waals surface area contributed by atoms with Crippen molar-refractivity contribution >= 4 is 29.7 Å². The quantitative estimate of drug-likeness (QED) is 0.438. The highest BCUT2D eigenvalue weighted by molar-refractivity contribution is 6.03. The summed E-state index contributed by atoms with van der Waals surface area (Å²) in [5.41, 5.74) is 0. The molecule has 1 unspecified atom stereocenters. The molecule has 2 saturated heterocycles. The molecule has 2 rings (SSSR count). The van der Waals surface area contributed by atoms with E-state index >= 15 is 0 Å². The van der Waals surface area contributed by atoms with Gasteiger partial charge in [0, 0.05) is 6.54 Å². The Hall–Kier alpha value is -2.65. The summed E-state index contributed by atoms with van der Waals surface area (Å²) in [5, 5.41) is 13.4. The molecule has 20 heavy (non-hydrogen) atoms. The van der Waals surface area contributed by atoms with Gasteiger partial charge < -0.3 is 15.3 Å². The first-order valence-electron chi connectivity index (χ1n) is 5.76. The molecule has 0 radical (unpaired) electrons. The van der Waals surface area contributed by atoms with Crippen LogP contribution in [-0.4, -0.2) is 76.8 Å². The van der Waals surface area contributed by atoms with Crippen molar-refractivity contribution in [1.82, 2.24) is 20.4 Å². The van der Waals surface area contributed by atoms with Crippen LogP contribution in [0, 0.1) is 0 Å². The largest absolute Gasteiger partial charge is 0.480 e. The molecule has 0 bridgehead atoms. The van der Waals surface area contributed by atoms with Crippen LogP contribution in [0.3, 0.4) is 0 Å². The van der Waals surface area contributed by atoms with Crippen LogP contribution in [0.2, 0.25) is 0 Å². The number of nitrogens with one attached hydrogen (secondary N) is 2. The zero-order chi connectivity index (χ0) is 14.9. The topological polar surface area (TPSA) is 136 Å². The number of urea groups is 1. The van der Waals surface area contributed by atoms with Crippen molar-refractivity contribution < 1.29 is 29.1 Å². The Bertz CT molecular complexity index is 488. The Morgan fingerprint density at radius 3 is 2.20 bits per heavy atom. The van der Waals surface area contributed by atoms with Gasteiger partial charge in [-0.3, -0.25) is 24.6 Å². The summed E-state index contributed by atoms with van der Waals surface area (Å²) in [6.45, 7) is -1.35. The third kappa shape index (κ3) is 2.68. The molecule has 0 saturated carbocycles. The summed E-state index contributed by atoms with van der Waals surface area (Å²) < 4.78 is 0. The number of carbonyl (C=O) groups excluding carboxylic acids is 4. The summed E-state index contributed by atoms with van der Waals surface area (Å²) >= 11 is 0. The molecular weight excluding hydrogens is 272 g/mol. The Labute approximate surface area is 112 Å². The van der Waals surface area contributed by atoms with Gasteiger partial charge in [0.1, 0.15) is 25.7 Å². The highest BCUT2D eigenvalue weighted by Gasteiger charge is 2.39. The molecule has 0 aromatic rings. The van der Waals surface area contributed by atoms with Gasteiger partial charge in [0.05, 0.1) is 0 Å². The molecule has 5 amide bonds. The summed E-state index contributed by atoms with van der Waals surface area (Å²) in [5.74, 6) is -3.07. The number of hydrogen-bond acceptors (Lipinski definition) is 5. The maximum absolute atomic E-state index is 12.2. The molecule has 0 aromatic heterocycles. The lowest BCUT2D eigenvalue weighted by molar-refractivity contribution is -0.144. The number of amides is 5. The van der Waals surface area contributed by atoms with Crippen molar-refractivity contribution in [2.45, 2.75) is 6.04 Å². The van der Waals surface area contributed by atoms with E-state index < -0.39 is 42.3 Å². The maximum Gasteiger partial charge on any atom is 0.328 e. The lowest BCUT2D eigenvalue weighted by Crippen LogP contribution is -2.64. The van der Waals surface area contributed by atoms with Crippen molar-refractivity contribution in [3.05, 3.63) is 0 Å². The minimum atomic E-state index is -1.27. The lowest BCUT2D eigenvalue weighted by Gasteiger charge is -2.37. The zero-order valence-corrected chi connectivity index (χ0v) is 10.3. The fourth-order valence-corrected chi connectivity index (χ4v) is 2.02. The molecule has 0 spiro atoms. The zero-order valence-electron chi connectivity index (χ0n) is 10.3. The second-order valence-corrected chi connectivity index (χ2v) is 4.40. The van der Waals surface area contributed by atoms with Crippen LogP contribution in [0.15, 0.2) is 0 Å². The van der Waals surface area contributed by atoms with E-state index in [1.54, 1.807) is 0 Å². The molecule has 2 fully saturated rings. The van der Waals surface area contributed by atoms with Crippen molar-refractivity contribution in [3.63, 3.8) is 0 Å². The van der Waals surface area contributed by atoms with Gasteiger partial charge in [0.15, 0.2) is 0 Å². The smallest absolute Gasteiger partial charge is 0.328 e. The monoisotopic (exact) mass is 284 g/mol. The number of nitrogens with zero attached hydrogens (tertiary/aromatic N) is 2. The van der Waals surface area contributed by atoms with Gasteiger partial charge >= 0.3 is 12.0 Å². The van der Waals surface area contributed by atoms with E-state index in [0.29, 0.717) is 0 Å². The fourth-order valence-electron chi connectivity index (χ4n) is 2.02. The first-order valence-corrected chi connectivity index (χ1v) is 5.76. The van der Waals surface area contributed by atoms with Gasteiger partial charge in [-0.15, -0.1) is 0 Å². The second-order valence-electron chi connectivity index (χ2n) is 4.40. The summed E-state index contributed by atoms with van der Waals surface area (Å²) in [6, 6.07) is -2.05. The fraction of sp³-hybridized carbons (Fsp3) is 0.500. The second kappa shape index (κ2) is 5.15. The molecule has 1 atom stereocenters. The first kappa shape index (κ1) is 13.8. The van der Waals surface area contributed by atoms with Crippen molar-refractivity contribution in [2.75, 3.05) is 26.2 Å². The average Bonchev–Trinajstić information content (AvgIpc) is 2.36. The predicted octanol–water partition coefficient (Wildman–Crippen LogP) is -3.05. The number of rotatable bonds is 1. The predicted molar refractivity (Wildman–Crippen MR) is 61.3 cm³/mol. The van der Waals surface area contributed by atoms with Crippen LogP contribution in [0.4, 0.5) is 4.79 Å². The minimum Gasteiger partial charge on any atom is -0.480 e. The minimum absolute atomic E-state index is 0.214. The molecular formula is C10H12N4O6. The highest BCUT2D eigenvalue weighted by Crippen LogP contribution is 2.10. The molecule has 2 heterocycles. The van der Waals surface area contributed by atoms with Crippen molar-refractivity contribution in [2.24, 2.45) is 0 Å². The summed E-state index contributed by atoms with van der Waals surface area (Å²) in [7, 11) is 0. The number of carboxylic acid groups (broad SMARTS) is 1. The van der Waals surface area contributed by atoms with E-state index in [1.807, 2.05) is 5.32 Å². The van der Waals surface area contributed by atoms with Crippen molar-refractivity contribution in [3.8, 4) is 0 Å². The van der Waals surface area contributed by atoms with Gasteiger partial charge in [-0.2, -0.15) is 0 Å². The van der Waals surface area contributed by atoms with E-state index in [4.69, 9.17) is 5.11 Å². The van der Waals surface area contributed by atoms with Crippen LogP contribution in [0.1, 0.15) is 0 Å². The van der Waals surface area contributed by atoms with Crippen molar-refractivity contribution in [1.29, 1.82) is 0 Å². The highest BCUT2D eigenvalue weighted by atomic mass is 16.4. The number of aliphatic carboxylic acids is 1. The molecule has 0 aliphatic carbocycles. The van der Waals surface area contributed by atoms with E-state index in [9.17, 15) is 24.0 Å². The average molecular weight is 284 g/mol. The van der Waals surface area contributed by atoms with Gasteiger partial charge in [-0.25, -0.2) is 9.59 Å². The van der Waals surface area contributed by atoms with Gasteiger partial charge in [0.2, 0.25) is 17.7 Å². The molecule has 10 nitrogen and oxygen atoms in total. The number of carbonyl (C=O) groups is 5. The SMILES string of the molecule is O=C1CN(C(=O)N2CC(=O)NC(=O)C2)C(C(=O)O)CN1.